The normalized spacial score (nSPS) is 21.1. The second-order valence-electron chi connectivity index (χ2n) is 6.94. The van der Waals surface area contributed by atoms with Crippen molar-refractivity contribution in [2.24, 2.45) is 0 Å². The van der Waals surface area contributed by atoms with Gasteiger partial charge in [0, 0.05) is 6.54 Å². The fourth-order valence-corrected chi connectivity index (χ4v) is 3.60. The average molecular weight is 380 g/mol. The second-order valence-corrected chi connectivity index (χ2v) is 6.94. The molecule has 1 aliphatic heterocycles. The summed E-state index contributed by atoms with van der Waals surface area (Å²) in [5.41, 5.74) is -1.35. The summed E-state index contributed by atoms with van der Waals surface area (Å²) in [4.78, 5) is 14.8. The van der Waals surface area contributed by atoms with E-state index in [2.05, 4.69) is 10.2 Å². The van der Waals surface area contributed by atoms with Crippen molar-refractivity contribution in [3.05, 3.63) is 71.0 Å². The number of rotatable bonds is 3. The molecule has 7 heteroatoms. The predicted octanol–water partition coefficient (Wildman–Crippen LogP) is 4.20. The number of carbonyl (C=O) groups excluding carboxylic acids is 1. The molecule has 3 rings (SSSR count). The van der Waals surface area contributed by atoms with Gasteiger partial charge in [-0.15, -0.1) is 0 Å². The van der Waals surface area contributed by atoms with Crippen LogP contribution in [0.2, 0.25) is 0 Å². The van der Waals surface area contributed by atoms with Crippen LogP contribution in [0.5, 0.6) is 0 Å². The maximum Gasteiger partial charge on any atom is 0.416 e. The Morgan fingerprint density at radius 1 is 1.15 bits per heavy atom. The van der Waals surface area contributed by atoms with Crippen LogP contribution in [-0.4, -0.2) is 30.9 Å². The number of nitrogens with zero attached hydrogens (tertiary/aromatic N) is 1. The summed E-state index contributed by atoms with van der Waals surface area (Å²) in [7, 11) is 1.93. The van der Waals surface area contributed by atoms with Gasteiger partial charge < -0.3 is 10.2 Å². The molecule has 2 aromatic rings. The second kappa shape index (κ2) is 7.31. The van der Waals surface area contributed by atoms with Gasteiger partial charge in [0.2, 0.25) is 0 Å². The van der Waals surface area contributed by atoms with Crippen LogP contribution in [-0.2, 0) is 11.7 Å². The predicted molar refractivity (Wildman–Crippen MR) is 93.7 cm³/mol. The van der Waals surface area contributed by atoms with Crippen molar-refractivity contribution in [3.63, 3.8) is 0 Å². The molecule has 0 spiro atoms. The average Bonchev–Trinajstić information content (AvgIpc) is 2.61. The molecular weight excluding hydrogens is 360 g/mol. The third kappa shape index (κ3) is 4.13. The van der Waals surface area contributed by atoms with Crippen LogP contribution in [0, 0.1) is 5.82 Å². The van der Waals surface area contributed by atoms with Gasteiger partial charge in [-0.3, -0.25) is 4.79 Å². The zero-order chi connectivity index (χ0) is 19.7. The Labute approximate surface area is 155 Å². The molecule has 144 valence electrons. The molecule has 1 amide bonds. The number of nitrogens with one attached hydrogen (secondary N) is 1. The van der Waals surface area contributed by atoms with E-state index in [-0.39, 0.29) is 0 Å². The third-order valence-electron chi connectivity index (χ3n) is 4.90. The quantitative estimate of drug-likeness (QED) is 0.810. The molecule has 1 saturated heterocycles. The molecule has 1 atom stereocenters. The summed E-state index contributed by atoms with van der Waals surface area (Å²) in [6.45, 7) is 1.41. The van der Waals surface area contributed by atoms with Crippen molar-refractivity contribution < 1.29 is 22.4 Å². The van der Waals surface area contributed by atoms with Crippen molar-refractivity contribution >= 4 is 5.91 Å². The molecule has 0 aliphatic carbocycles. The molecule has 1 fully saturated rings. The van der Waals surface area contributed by atoms with E-state index < -0.39 is 34.6 Å². The first-order valence-corrected chi connectivity index (χ1v) is 8.65. The molecule has 0 saturated carbocycles. The lowest BCUT2D eigenvalue weighted by atomic mass is 9.82. The molecule has 0 radical (unpaired) electrons. The van der Waals surface area contributed by atoms with Gasteiger partial charge in [-0.1, -0.05) is 30.3 Å². The van der Waals surface area contributed by atoms with Crippen molar-refractivity contribution in [1.29, 1.82) is 0 Å². The Morgan fingerprint density at radius 3 is 2.44 bits per heavy atom. The Bertz CT molecular complexity index is 822. The van der Waals surface area contributed by atoms with Crippen LogP contribution in [0.1, 0.15) is 34.3 Å². The largest absolute Gasteiger partial charge is 0.416 e. The molecule has 0 aromatic heterocycles. The van der Waals surface area contributed by atoms with E-state index in [0.29, 0.717) is 19.0 Å². The number of alkyl halides is 3. The van der Waals surface area contributed by atoms with E-state index in [9.17, 15) is 22.4 Å². The highest BCUT2D eigenvalue weighted by atomic mass is 19.4. The van der Waals surface area contributed by atoms with Crippen LogP contribution in [0.3, 0.4) is 0 Å². The van der Waals surface area contributed by atoms with E-state index in [1.54, 1.807) is 0 Å². The number of hydrogen-bond acceptors (Lipinski definition) is 2. The number of piperidine rings is 1. The summed E-state index contributed by atoms with van der Waals surface area (Å²) in [6.07, 6.45) is -3.16. The topological polar surface area (TPSA) is 32.3 Å². The maximum absolute atomic E-state index is 14.2. The fourth-order valence-electron chi connectivity index (χ4n) is 3.60. The van der Waals surface area contributed by atoms with Gasteiger partial charge >= 0.3 is 6.18 Å². The summed E-state index contributed by atoms with van der Waals surface area (Å²) >= 11 is 0. The highest BCUT2D eigenvalue weighted by molar-refractivity contribution is 5.95. The van der Waals surface area contributed by atoms with E-state index in [1.807, 2.05) is 37.4 Å². The molecule has 1 N–H and O–H groups in total. The van der Waals surface area contributed by atoms with Crippen molar-refractivity contribution in [2.75, 3.05) is 20.1 Å². The number of carbonyl (C=O) groups is 1. The van der Waals surface area contributed by atoms with Crippen molar-refractivity contribution in [1.82, 2.24) is 10.2 Å². The van der Waals surface area contributed by atoms with E-state index in [1.165, 1.54) is 0 Å². The number of likely N-dealkylation sites (N-methyl/N-ethyl adjacent to an activating group) is 1. The minimum Gasteiger partial charge on any atom is -0.341 e. The molecule has 1 unspecified atom stereocenters. The standard InChI is InChI=1S/C20H20F4N2O/c1-26-11-5-10-19(13-26,14-6-3-2-4-7-14)25-18(27)16-9-8-15(12-17(16)21)20(22,23)24/h2-4,6-9,12H,5,10-11,13H2,1H3,(H,25,27). The lowest BCUT2D eigenvalue weighted by Gasteiger charge is -2.42. The van der Waals surface area contributed by atoms with Gasteiger partial charge in [-0.25, -0.2) is 4.39 Å². The fraction of sp³-hybridized carbons (Fsp3) is 0.350. The zero-order valence-corrected chi connectivity index (χ0v) is 14.8. The molecule has 3 nitrogen and oxygen atoms in total. The lowest BCUT2D eigenvalue weighted by molar-refractivity contribution is -0.137. The van der Waals surface area contributed by atoms with Crippen LogP contribution >= 0.6 is 0 Å². The summed E-state index contributed by atoms with van der Waals surface area (Å²) in [6, 6.07) is 11.3. The first kappa shape index (κ1) is 19.4. The maximum atomic E-state index is 14.2. The number of halogens is 4. The molecule has 1 heterocycles. The first-order chi connectivity index (χ1) is 12.7. The Morgan fingerprint density at radius 2 is 1.85 bits per heavy atom. The smallest absolute Gasteiger partial charge is 0.341 e. The molecule has 0 bridgehead atoms. The SMILES string of the molecule is CN1CCCC(NC(=O)c2ccc(C(F)(F)F)cc2F)(c2ccccc2)C1. The van der Waals surface area contributed by atoms with Gasteiger partial charge in [0.15, 0.2) is 0 Å². The van der Waals surface area contributed by atoms with Gasteiger partial charge in [0.1, 0.15) is 5.82 Å². The highest BCUT2D eigenvalue weighted by Crippen LogP contribution is 2.33. The number of hydrogen-bond donors (Lipinski definition) is 1. The first-order valence-electron chi connectivity index (χ1n) is 8.65. The van der Waals surface area contributed by atoms with Crippen LogP contribution in [0.25, 0.3) is 0 Å². The van der Waals surface area contributed by atoms with Crippen LogP contribution < -0.4 is 5.32 Å². The van der Waals surface area contributed by atoms with Crippen molar-refractivity contribution in [3.8, 4) is 0 Å². The van der Waals surface area contributed by atoms with Gasteiger partial charge in [-0.2, -0.15) is 13.2 Å². The van der Waals surface area contributed by atoms with Crippen molar-refractivity contribution in [2.45, 2.75) is 24.6 Å². The lowest BCUT2D eigenvalue weighted by Crippen LogP contribution is -2.55. The van der Waals surface area contributed by atoms with Gasteiger partial charge in [0.25, 0.3) is 5.91 Å². The Hall–Kier alpha value is -2.41. The van der Waals surface area contributed by atoms with Crippen LogP contribution in [0.4, 0.5) is 17.6 Å². The minimum absolute atomic E-state index is 0.358. The number of amides is 1. The molecular formula is C20H20F4N2O. The summed E-state index contributed by atoms with van der Waals surface area (Å²) in [5.74, 6) is -1.91. The molecule has 27 heavy (non-hydrogen) atoms. The van der Waals surface area contributed by atoms with Crippen LogP contribution in [0.15, 0.2) is 48.5 Å². The Kier molecular flexibility index (Phi) is 5.24. The highest BCUT2D eigenvalue weighted by Gasteiger charge is 2.38. The van der Waals surface area contributed by atoms with E-state index in [4.69, 9.17) is 0 Å². The monoisotopic (exact) mass is 380 g/mol. The third-order valence-corrected chi connectivity index (χ3v) is 4.90. The Balaban J connectivity index is 1.92. The molecule has 1 aliphatic rings. The number of likely N-dealkylation sites (tertiary alicyclic amines) is 1. The van der Waals surface area contributed by atoms with E-state index in [0.717, 1.165) is 30.7 Å². The minimum atomic E-state index is -4.66. The molecule has 2 aromatic carbocycles. The van der Waals surface area contributed by atoms with Gasteiger partial charge in [-0.05, 0) is 50.2 Å². The summed E-state index contributed by atoms with van der Waals surface area (Å²) in [5, 5.41) is 2.89. The summed E-state index contributed by atoms with van der Waals surface area (Å²) < 4.78 is 52.4. The van der Waals surface area contributed by atoms with E-state index >= 15 is 0 Å². The van der Waals surface area contributed by atoms with Gasteiger partial charge in [0.05, 0.1) is 16.7 Å². The zero-order valence-electron chi connectivity index (χ0n) is 14.8. The number of benzene rings is 2.